The molecule has 0 bridgehead atoms. The fourth-order valence-electron chi connectivity index (χ4n) is 5.20. The summed E-state index contributed by atoms with van der Waals surface area (Å²) in [5.41, 5.74) is 3.96. The lowest BCUT2D eigenvalue weighted by atomic mass is 9.92. The number of aromatic nitrogens is 1. The zero-order valence-electron chi connectivity index (χ0n) is 21.9. The van der Waals surface area contributed by atoms with Crippen molar-refractivity contribution in [2.24, 2.45) is 16.8 Å². The Morgan fingerprint density at radius 3 is 2.95 bits per heavy atom. The molecule has 196 valence electrons. The average molecular weight is 502 g/mol. The van der Waals surface area contributed by atoms with Gasteiger partial charge in [0.25, 0.3) is 0 Å². The number of fused-ring (bicyclic) bond motifs is 1. The number of allylic oxidation sites excluding steroid dienone is 3. The van der Waals surface area contributed by atoms with Gasteiger partial charge in [-0.15, -0.1) is 6.58 Å². The molecule has 3 atom stereocenters. The summed E-state index contributed by atoms with van der Waals surface area (Å²) in [6.07, 6.45) is 16.0. The first-order valence-electron chi connectivity index (χ1n) is 13.7. The third kappa shape index (κ3) is 6.44. The van der Waals surface area contributed by atoms with E-state index in [1.54, 1.807) is 0 Å². The van der Waals surface area contributed by atoms with E-state index in [2.05, 4.69) is 51.1 Å². The van der Waals surface area contributed by atoms with E-state index in [0.29, 0.717) is 12.6 Å². The fraction of sp³-hybridized carbons (Fsp3) is 0.533. The molecule has 0 spiro atoms. The van der Waals surface area contributed by atoms with E-state index < -0.39 is 0 Å². The van der Waals surface area contributed by atoms with Gasteiger partial charge in [0.15, 0.2) is 0 Å². The zero-order valence-corrected chi connectivity index (χ0v) is 21.9. The molecule has 4 aliphatic rings. The van der Waals surface area contributed by atoms with Gasteiger partial charge in [0.05, 0.1) is 36.2 Å². The molecule has 3 heterocycles. The molecule has 2 aliphatic carbocycles. The Labute approximate surface area is 219 Å². The van der Waals surface area contributed by atoms with Gasteiger partial charge >= 0.3 is 0 Å². The highest BCUT2D eigenvalue weighted by atomic mass is 16.5. The van der Waals surface area contributed by atoms with Crippen molar-refractivity contribution in [1.82, 2.24) is 15.2 Å². The Morgan fingerprint density at radius 1 is 1.35 bits per heavy atom. The molecular weight excluding hydrogens is 462 g/mol. The molecule has 0 amide bonds. The smallest absolute Gasteiger partial charge is 0.136 e. The van der Waals surface area contributed by atoms with E-state index in [1.165, 1.54) is 38.8 Å². The minimum absolute atomic E-state index is 0.127. The van der Waals surface area contributed by atoms with Crippen molar-refractivity contribution >= 4 is 5.70 Å². The van der Waals surface area contributed by atoms with Gasteiger partial charge in [0, 0.05) is 23.4 Å². The summed E-state index contributed by atoms with van der Waals surface area (Å²) >= 11 is 0. The molecule has 2 N–H and O–H groups in total. The monoisotopic (exact) mass is 501 g/mol. The molecule has 1 aromatic rings. The van der Waals surface area contributed by atoms with Crippen LogP contribution < -0.4 is 16.0 Å². The van der Waals surface area contributed by atoms with Crippen molar-refractivity contribution in [2.45, 2.75) is 51.0 Å². The topological polar surface area (TPSA) is 85.7 Å². The van der Waals surface area contributed by atoms with Crippen molar-refractivity contribution < 1.29 is 9.47 Å². The van der Waals surface area contributed by atoms with Crippen LogP contribution in [0.1, 0.15) is 50.6 Å². The van der Waals surface area contributed by atoms with Gasteiger partial charge in [-0.2, -0.15) is 5.26 Å². The molecular formula is C30H39N5O2. The number of ether oxygens (including phenoxy) is 2. The largest absolute Gasteiger partial charge is 0.497 e. The first-order valence-corrected chi connectivity index (χ1v) is 13.7. The standard InChI is InChI=1S/C30H39N5O2/c1-3-23(9-6-21(2)36-15-14-35-12-4-5-13-35)27-17-26-29(32-20-33-30(26)34-27)24-10-11-28(25(16-24)18-31)37-19-22-7-8-22/h3,6,10-11,16-17,22-23,25,28,32H,1,4-5,7-9,12-15,19-20H2,2H3,(H,33,34)/b21-6+/t23-,25-,28?/m0/s1. The molecule has 0 aromatic carbocycles. The summed E-state index contributed by atoms with van der Waals surface area (Å²) < 4.78 is 12.0. The highest BCUT2D eigenvalue weighted by molar-refractivity contribution is 5.68. The van der Waals surface area contributed by atoms with E-state index in [0.717, 1.165) is 59.6 Å². The Hall–Kier alpha value is -3.08. The number of hydrogen-bond acceptors (Lipinski definition) is 6. The van der Waals surface area contributed by atoms with Crippen molar-refractivity contribution in [2.75, 3.05) is 39.5 Å². The van der Waals surface area contributed by atoms with Gasteiger partial charge in [0.1, 0.15) is 18.8 Å². The van der Waals surface area contributed by atoms with Gasteiger partial charge < -0.3 is 19.8 Å². The van der Waals surface area contributed by atoms with Gasteiger partial charge in [0.2, 0.25) is 0 Å². The third-order valence-corrected chi connectivity index (χ3v) is 7.70. The molecule has 2 aliphatic heterocycles. The van der Waals surface area contributed by atoms with E-state index in [4.69, 9.17) is 9.47 Å². The predicted octanol–water partition coefficient (Wildman–Crippen LogP) is 3.41. The van der Waals surface area contributed by atoms with Crippen LogP contribution in [0.4, 0.5) is 0 Å². The number of nitrogens with one attached hydrogen (secondary N) is 2. The van der Waals surface area contributed by atoms with Crippen LogP contribution in [-0.2, 0) is 9.47 Å². The molecule has 7 heteroatoms. The summed E-state index contributed by atoms with van der Waals surface area (Å²) in [4.78, 5) is 10.6. The molecule has 0 radical (unpaired) electrons. The van der Waals surface area contributed by atoms with Crippen LogP contribution in [0.15, 0.2) is 59.4 Å². The second kappa shape index (κ2) is 12.0. The van der Waals surface area contributed by atoms with Gasteiger partial charge in [-0.3, -0.25) is 4.90 Å². The van der Waals surface area contributed by atoms with Crippen molar-refractivity contribution in [3.63, 3.8) is 0 Å². The molecule has 37 heavy (non-hydrogen) atoms. The summed E-state index contributed by atoms with van der Waals surface area (Å²) in [5, 5.41) is 14.2. The van der Waals surface area contributed by atoms with Crippen LogP contribution in [0.25, 0.3) is 5.70 Å². The SMILES string of the molecule is C=C[C@@H](C/C=C(\C)OCCN1CCCC1)c1cc2c([nH]1)=NCNC=2C1=C[C@@H](C#N)C(OCC2CC2)C=C1. The number of hydrogen-bond donors (Lipinski definition) is 2. The third-order valence-electron chi connectivity index (χ3n) is 7.70. The number of aromatic amines is 1. The molecule has 5 rings (SSSR count). The Bertz CT molecular complexity index is 1220. The molecule has 1 aromatic heterocycles. The second-order valence-corrected chi connectivity index (χ2v) is 10.5. The highest BCUT2D eigenvalue weighted by Gasteiger charge is 2.28. The zero-order chi connectivity index (χ0) is 25.6. The van der Waals surface area contributed by atoms with Crippen molar-refractivity contribution in [3.05, 3.63) is 70.8 Å². The molecule has 7 nitrogen and oxygen atoms in total. The van der Waals surface area contributed by atoms with E-state index in [1.807, 2.05) is 25.2 Å². The lowest BCUT2D eigenvalue weighted by Crippen LogP contribution is -2.38. The first kappa shape index (κ1) is 25.6. The van der Waals surface area contributed by atoms with Crippen LogP contribution in [0, 0.1) is 23.2 Å². The summed E-state index contributed by atoms with van der Waals surface area (Å²) in [7, 11) is 0. The molecule has 1 saturated carbocycles. The first-order chi connectivity index (χ1) is 18.1. The highest BCUT2D eigenvalue weighted by Crippen LogP contribution is 2.31. The summed E-state index contributed by atoms with van der Waals surface area (Å²) in [6, 6.07) is 4.58. The maximum absolute atomic E-state index is 9.78. The van der Waals surface area contributed by atoms with Gasteiger partial charge in [-0.05, 0) is 75.8 Å². The quantitative estimate of drug-likeness (QED) is 0.339. The van der Waals surface area contributed by atoms with Crippen LogP contribution >= 0.6 is 0 Å². The minimum atomic E-state index is -0.298. The van der Waals surface area contributed by atoms with Crippen molar-refractivity contribution in [1.29, 1.82) is 5.26 Å². The van der Waals surface area contributed by atoms with Crippen LogP contribution in [0.3, 0.4) is 0 Å². The number of nitriles is 1. The van der Waals surface area contributed by atoms with E-state index in [-0.39, 0.29) is 17.9 Å². The number of rotatable bonds is 12. The number of nitrogens with zero attached hydrogens (tertiary/aromatic N) is 3. The van der Waals surface area contributed by atoms with Crippen LogP contribution in [-0.4, -0.2) is 55.5 Å². The summed E-state index contributed by atoms with van der Waals surface area (Å²) in [6.45, 7) is 11.5. The Kier molecular flexibility index (Phi) is 8.28. The van der Waals surface area contributed by atoms with Crippen molar-refractivity contribution in [3.8, 4) is 6.07 Å². The molecule has 1 saturated heterocycles. The molecule has 1 unspecified atom stereocenters. The summed E-state index contributed by atoms with van der Waals surface area (Å²) in [5.74, 6) is 1.46. The number of H-pyrrole nitrogens is 1. The lowest BCUT2D eigenvalue weighted by molar-refractivity contribution is 0.0622. The van der Waals surface area contributed by atoms with Gasteiger partial charge in [-0.1, -0.05) is 24.3 Å². The Morgan fingerprint density at radius 2 is 2.19 bits per heavy atom. The number of likely N-dealkylation sites (tertiary alicyclic amines) is 1. The minimum Gasteiger partial charge on any atom is -0.497 e. The predicted molar refractivity (Wildman–Crippen MR) is 145 cm³/mol. The second-order valence-electron chi connectivity index (χ2n) is 10.5. The normalized spacial score (nSPS) is 24.5. The van der Waals surface area contributed by atoms with E-state index in [9.17, 15) is 5.26 Å². The maximum Gasteiger partial charge on any atom is 0.136 e. The maximum atomic E-state index is 9.78. The fourth-order valence-corrected chi connectivity index (χ4v) is 5.20. The van der Waals surface area contributed by atoms with Crippen LogP contribution in [0.2, 0.25) is 0 Å². The lowest BCUT2D eigenvalue weighted by Gasteiger charge is -2.23. The average Bonchev–Trinajstić information content (AvgIpc) is 3.40. The van der Waals surface area contributed by atoms with Gasteiger partial charge in [-0.25, -0.2) is 4.99 Å². The van der Waals surface area contributed by atoms with E-state index >= 15 is 0 Å². The van der Waals surface area contributed by atoms with Crippen LogP contribution in [0.5, 0.6) is 0 Å². The Balaban J connectivity index is 1.27. The molecule has 2 fully saturated rings.